The van der Waals surface area contributed by atoms with Crippen molar-refractivity contribution in [3.8, 4) is 84.4 Å². The molecule has 3 heterocycles. The quantitative estimate of drug-likeness (QED) is 0.167. The fraction of sp³-hybridized carbons (Fsp3) is 0.0147. The first-order valence-corrected chi connectivity index (χ1v) is 24.7. The van der Waals surface area contributed by atoms with Gasteiger partial charge < -0.3 is 4.57 Å². The van der Waals surface area contributed by atoms with Gasteiger partial charge in [-0.25, -0.2) is 15.0 Å². The third kappa shape index (κ3) is 5.90. The summed E-state index contributed by atoms with van der Waals surface area (Å²) < 4.78 is 2.51. The molecule has 15 rings (SSSR count). The number of benzene rings is 11. The highest BCUT2D eigenvalue weighted by molar-refractivity contribution is 6.13. The normalized spacial score (nSPS) is 14.2. The molecule has 0 fully saturated rings. The number of nitrogens with zero attached hydrogens (tertiary/aromatic N) is 4. The number of hydrogen-bond donors (Lipinski definition) is 0. The molecule has 13 aromatic rings. The zero-order valence-corrected chi connectivity index (χ0v) is 39.0. The molecule has 2 aromatic heterocycles. The Bertz CT molecular complexity index is 4310. The van der Waals surface area contributed by atoms with Crippen molar-refractivity contribution in [2.24, 2.45) is 0 Å². The molecule has 0 radical (unpaired) electrons. The summed E-state index contributed by atoms with van der Waals surface area (Å²) in [5.74, 6) is 1.90. The van der Waals surface area contributed by atoms with Crippen LogP contribution in [0, 0.1) is 0 Å². The topological polar surface area (TPSA) is 43.6 Å². The van der Waals surface area contributed by atoms with Crippen LogP contribution in [-0.4, -0.2) is 19.5 Å². The molecular weight excluding hydrogens is 873 g/mol. The summed E-state index contributed by atoms with van der Waals surface area (Å²) >= 11 is 0. The highest BCUT2D eigenvalue weighted by Gasteiger charge is 2.51. The Morgan fingerprint density at radius 2 is 0.792 bits per heavy atom. The first-order valence-electron chi connectivity index (χ1n) is 24.7. The molecule has 4 nitrogen and oxygen atoms in total. The van der Waals surface area contributed by atoms with Gasteiger partial charge >= 0.3 is 0 Å². The molecule has 11 aromatic carbocycles. The van der Waals surface area contributed by atoms with Crippen LogP contribution in [0.3, 0.4) is 0 Å². The van der Waals surface area contributed by atoms with Crippen LogP contribution in [0.5, 0.6) is 0 Å². The maximum absolute atomic E-state index is 5.14. The van der Waals surface area contributed by atoms with Gasteiger partial charge in [-0.05, 0) is 95.7 Å². The molecular formula is C68H42N4. The van der Waals surface area contributed by atoms with Crippen molar-refractivity contribution in [2.75, 3.05) is 0 Å². The fourth-order valence-electron chi connectivity index (χ4n) is 12.1. The van der Waals surface area contributed by atoms with E-state index in [1.54, 1.807) is 0 Å². The molecule has 334 valence electrons. The van der Waals surface area contributed by atoms with Gasteiger partial charge in [-0.1, -0.05) is 237 Å². The Hall–Kier alpha value is -9.51. The van der Waals surface area contributed by atoms with E-state index < -0.39 is 5.41 Å². The summed E-state index contributed by atoms with van der Waals surface area (Å²) in [7, 11) is 0. The number of fused-ring (bicyclic) bond motifs is 13. The molecule has 0 bridgehead atoms. The zero-order valence-electron chi connectivity index (χ0n) is 39.0. The van der Waals surface area contributed by atoms with E-state index in [9.17, 15) is 0 Å². The maximum Gasteiger partial charge on any atom is 0.164 e. The van der Waals surface area contributed by atoms with Crippen molar-refractivity contribution < 1.29 is 0 Å². The second-order valence-corrected chi connectivity index (χ2v) is 19.0. The van der Waals surface area contributed by atoms with Gasteiger partial charge in [0.1, 0.15) is 0 Å². The van der Waals surface area contributed by atoms with Crippen LogP contribution in [0.25, 0.3) is 117 Å². The van der Waals surface area contributed by atoms with Crippen molar-refractivity contribution in [1.29, 1.82) is 0 Å². The van der Waals surface area contributed by atoms with E-state index >= 15 is 0 Å². The number of rotatable bonds is 6. The van der Waals surface area contributed by atoms with Crippen LogP contribution in [0.1, 0.15) is 22.3 Å². The predicted octanol–water partition coefficient (Wildman–Crippen LogP) is 16.8. The highest BCUT2D eigenvalue weighted by Crippen LogP contribution is 2.61. The lowest BCUT2D eigenvalue weighted by molar-refractivity contribution is 0.749. The monoisotopic (exact) mass is 914 g/mol. The minimum atomic E-state index is -0.549. The van der Waals surface area contributed by atoms with Gasteiger partial charge in [-0.2, -0.15) is 0 Å². The van der Waals surface area contributed by atoms with Crippen molar-refractivity contribution in [3.63, 3.8) is 0 Å². The van der Waals surface area contributed by atoms with Gasteiger partial charge in [0, 0.05) is 27.5 Å². The summed E-state index contributed by atoms with van der Waals surface area (Å²) in [6.45, 7) is 0. The average Bonchev–Trinajstić information content (AvgIpc) is 3.95. The molecule has 72 heavy (non-hydrogen) atoms. The largest absolute Gasteiger partial charge is 0.309 e. The van der Waals surface area contributed by atoms with Crippen LogP contribution >= 0.6 is 0 Å². The molecule has 0 saturated carbocycles. The van der Waals surface area contributed by atoms with Crippen molar-refractivity contribution in [2.45, 2.75) is 5.41 Å². The SMILES string of the molecule is c1ccc(-c2ccc(-c3nc(-c4ccccc4)nc(-c4ccc(-c5c(-c6ccc7c(c6)C6(c8ccccc8-7)c7ccccc7-n7c8ccccc8c8cccc6c87)ccc6ccccc56)cc4)n3)cc2)cc1. The van der Waals surface area contributed by atoms with E-state index in [0.717, 1.165) is 27.8 Å². The predicted molar refractivity (Wildman–Crippen MR) is 295 cm³/mol. The molecule has 1 aliphatic carbocycles. The summed E-state index contributed by atoms with van der Waals surface area (Å²) in [6.07, 6.45) is 0. The first-order chi connectivity index (χ1) is 35.7. The van der Waals surface area contributed by atoms with Gasteiger partial charge in [0.2, 0.25) is 0 Å². The standard InChI is InChI=1S/C68H42N4/c1-3-16-43(17-4-1)44-30-34-48(35-31-44)66-69-65(47-19-5-2-6-20-47)70-67(71-66)49-36-32-46(33-37-49)63-51-21-8-7-18-45(51)38-40-52(63)50-39-41-54-53-22-9-11-25-57(53)68(60(54)42-50)58-26-12-14-29-62(58)72-61-28-13-10-23-55(61)56-24-15-27-59(68)64(56)72/h1-42H. The molecule has 1 spiro atoms. The number of hydrogen-bond acceptors (Lipinski definition) is 3. The second-order valence-electron chi connectivity index (χ2n) is 19.0. The summed E-state index contributed by atoms with van der Waals surface area (Å²) in [6, 6.07) is 92.5. The smallest absolute Gasteiger partial charge is 0.164 e. The van der Waals surface area contributed by atoms with Crippen LogP contribution in [-0.2, 0) is 5.41 Å². The third-order valence-electron chi connectivity index (χ3n) is 15.3. The van der Waals surface area contributed by atoms with Gasteiger partial charge in [0.25, 0.3) is 0 Å². The van der Waals surface area contributed by atoms with Crippen molar-refractivity contribution >= 4 is 32.6 Å². The number of aromatic nitrogens is 4. The fourth-order valence-corrected chi connectivity index (χ4v) is 12.1. The molecule has 4 heteroatoms. The minimum absolute atomic E-state index is 0.549. The molecule has 0 amide bonds. The molecule has 1 aliphatic heterocycles. The average molecular weight is 915 g/mol. The van der Waals surface area contributed by atoms with Crippen LogP contribution in [0.15, 0.2) is 255 Å². The Morgan fingerprint density at radius 1 is 0.292 bits per heavy atom. The molecule has 2 aliphatic rings. The van der Waals surface area contributed by atoms with Crippen molar-refractivity contribution in [1.82, 2.24) is 19.5 Å². The second kappa shape index (κ2) is 15.8. The van der Waals surface area contributed by atoms with Gasteiger partial charge in [-0.15, -0.1) is 0 Å². The van der Waals surface area contributed by atoms with E-state index in [4.69, 9.17) is 15.0 Å². The van der Waals surface area contributed by atoms with Crippen LogP contribution < -0.4 is 0 Å². The zero-order chi connectivity index (χ0) is 47.3. The maximum atomic E-state index is 5.14. The van der Waals surface area contributed by atoms with Gasteiger partial charge in [-0.3, -0.25) is 0 Å². The first kappa shape index (κ1) is 40.4. The van der Waals surface area contributed by atoms with E-state index in [0.29, 0.717) is 17.5 Å². The Labute approximate surface area is 416 Å². The van der Waals surface area contributed by atoms with E-state index in [-0.39, 0.29) is 0 Å². The number of para-hydroxylation sites is 3. The van der Waals surface area contributed by atoms with Gasteiger partial charge in [0.05, 0.1) is 22.1 Å². The third-order valence-corrected chi connectivity index (χ3v) is 15.3. The lowest BCUT2D eigenvalue weighted by atomic mass is 9.65. The highest BCUT2D eigenvalue weighted by atomic mass is 15.0. The molecule has 0 saturated heterocycles. The van der Waals surface area contributed by atoms with E-state index in [2.05, 4.69) is 235 Å². The van der Waals surface area contributed by atoms with Crippen LogP contribution in [0.2, 0.25) is 0 Å². The van der Waals surface area contributed by atoms with Crippen molar-refractivity contribution in [3.05, 3.63) is 277 Å². The van der Waals surface area contributed by atoms with Gasteiger partial charge in [0.15, 0.2) is 17.5 Å². The molecule has 1 atom stereocenters. The minimum Gasteiger partial charge on any atom is -0.309 e. The lowest BCUT2D eigenvalue weighted by Crippen LogP contribution is -2.33. The molecule has 0 N–H and O–H groups in total. The Balaban J connectivity index is 0.896. The summed E-state index contributed by atoms with van der Waals surface area (Å²) in [5, 5.41) is 4.95. The Kier molecular flexibility index (Phi) is 8.84. The Morgan fingerprint density at radius 3 is 1.54 bits per heavy atom. The van der Waals surface area contributed by atoms with E-state index in [1.165, 1.54) is 93.9 Å². The summed E-state index contributed by atoms with van der Waals surface area (Å²) in [4.78, 5) is 15.3. The van der Waals surface area contributed by atoms with E-state index in [1.807, 2.05) is 24.3 Å². The molecule has 1 unspecified atom stereocenters. The summed E-state index contributed by atoms with van der Waals surface area (Å²) in [5.41, 5.74) is 20.8. The lowest BCUT2D eigenvalue weighted by Gasteiger charge is -2.39. The van der Waals surface area contributed by atoms with Crippen LogP contribution in [0.4, 0.5) is 0 Å².